The molecule has 11 nitrogen and oxygen atoms in total. The molecule has 3 aromatic rings. The minimum absolute atomic E-state index is 0.0227. The topological polar surface area (TPSA) is 145 Å². The fourth-order valence-corrected chi connectivity index (χ4v) is 3.95. The molecule has 40 heavy (non-hydrogen) atoms. The zero-order valence-electron chi connectivity index (χ0n) is 23.0. The van der Waals surface area contributed by atoms with Crippen LogP contribution in [0.1, 0.15) is 38.3 Å². The normalized spacial score (nSPS) is 12.7. The second-order valence-corrected chi connectivity index (χ2v) is 10.2. The highest BCUT2D eigenvalue weighted by atomic mass is 16.6. The van der Waals surface area contributed by atoms with Gasteiger partial charge in [0.05, 0.1) is 25.2 Å². The van der Waals surface area contributed by atoms with Crippen LogP contribution in [-0.4, -0.2) is 65.1 Å². The van der Waals surface area contributed by atoms with Gasteiger partial charge in [0.1, 0.15) is 18.2 Å². The third-order valence-corrected chi connectivity index (χ3v) is 5.75. The maximum Gasteiger partial charge on any atom is 0.419 e. The molecule has 0 aliphatic heterocycles. The summed E-state index contributed by atoms with van der Waals surface area (Å²) < 4.78 is 16.8. The van der Waals surface area contributed by atoms with Crippen LogP contribution in [0, 0.1) is 0 Å². The molecule has 1 heterocycles. The highest BCUT2D eigenvalue weighted by molar-refractivity contribution is 5.93. The maximum absolute atomic E-state index is 12.8. The van der Waals surface area contributed by atoms with E-state index in [-0.39, 0.29) is 26.0 Å². The first kappa shape index (κ1) is 30.2. The van der Waals surface area contributed by atoms with Crippen molar-refractivity contribution in [2.24, 2.45) is 0 Å². The summed E-state index contributed by atoms with van der Waals surface area (Å²) >= 11 is 0. The lowest BCUT2D eigenvalue weighted by Gasteiger charge is -2.19. The van der Waals surface area contributed by atoms with E-state index in [4.69, 9.17) is 14.2 Å². The number of para-hydroxylation sites is 1. The van der Waals surface area contributed by atoms with E-state index in [9.17, 15) is 24.3 Å². The van der Waals surface area contributed by atoms with Crippen molar-refractivity contribution in [1.82, 2.24) is 15.2 Å². The zero-order valence-corrected chi connectivity index (χ0v) is 23.0. The number of rotatable bonds is 10. The predicted molar refractivity (Wildman–Crippen MR) is 146 cm³/mol. The van der Waals surface area contributed by atoms with E-state index in [1.54, 1.807) is 63.4 Å². The highest BCUT2D eigenvalue weighted by Crippen LogP contribution is 2.24. The summed E-state index contributed by atoms with van der Waals surface area (Å²) in [6.07, 6.45) is -1.33. The van der Waals surface area contributed by atoms with Gasteiger partial charge in [-0.1, -0.05) is 48.5 Å². The Morgan fingerprint density at radius 2 is 1.68 bits per heavy atom. The monoisotopic (exact) mass is 553 g/mol. The van der Waals surface area contributed by atoms with Crippen LogP contribution in [0.15, 0.2) is 60.8 Å². The molecule has 0 unspecified atom stereocenters. The fourth-order valence-electron chi connectivity index (χ4n) is 3.95. The number of aliphatic hydroxyl groups is 1. The van der Waals surface area contributed by atoms with Gasteiger partial charge >= 0.3 is 18.2 Å². The van der Waals surface area contributed by atoms with Crippen LogP contribution in [-0.2, 0) is 36.8 Å². The number of alkyl carbamates (subject to hydrolysis) is 1. The molecule has 3 rings (SSSR count). The van der Waals surface area contributed by atoms with Crippen molar-refractivity contribution in [3.8, 4) is 0 Å². The van der Waals surface area contributed by atoms with Gasteiger partial charge in [-0.05, 0) is 38.0 Å². The number of fused-ring (bicyclic) bond motifs is 1. The van der Waals surface area contributed by atoms with Crippen molar-refractivity contribution in [2.75, 3.05) is 13.7 Å². The van der Waals surface area contributed by atoms with Gasteiger partial charge in [-0.2, -0.15) is 0 Å². The van der Waals surface area contributed by atoms with Gasteiger partial charge < -0.3 is 30.0 Å². The number of aliphatic hydroxyl groups excluding tert-OH is 1. The first-order chi connectivity index (χ1) is 19.0. The van der Waals surface area contributed by atoms with Gasteiger partial charge in [0.25, 0.3) is 0 Å². The van der Waals surface area contributed by atoms with E-state index in [0.717, 1.165) is 5.56 Å². The molecule has 0 bridgehead atoms. The maximum atomic E-state index is 12.8. The number of benzene rings is 2. The number of methoxy groups -OCH3 is 1. The number of nitrogens with one attached hydrogen (secondary N) is 2. The molecule has 0 aliphatic rings. The molecule has 0 saturated carbocycles. The molecule has 1 aromatic heterocycles. The van der Waals surface area contributed by atoms with Gasteiger partial charge in [0.15, 0.2) is 0 Å². The number of esters is 1. The van der Waals surface area contributed by atoms with E-state index < -0.39 is 41.8 Å². The van der Waals surface area contributed by atoms with Crippen LogP contribution in [0.5, 0.6) is 0 Å². The van der Waals surface area contributed by atoms with Crippen LogP contribution in [0.3, 0.4) is 0 Å². The van der Waals surface area contributed by atoms with E-state index in [1.807, 2.05) is 18.2 Å². The Hall–Kier alpha value is -4.38. The molecule has 0 saturated heterocycles. The standard InChI is InChI=1S/C29H35N3O8/c1-29(2,3)40-28(37)32-17-20(22-12-8-9-13-24(22)32)14-23(26(35)38-4)31-25(34)15-21(33)16-30-27(36)39-18-19-10-6-5-7-11-19/h5-13,17,21,23,33H,14-16,18H2,1-4H3,(H,30,36)(H,31,34)/t21-,23-/m1/s1. The molecule has 11 heteroatoms. The summed E-state index contributed by atoms with van der Waals surface area (Å²) in [4.78, 5) is 49.9. The van der Waals surface area contributed by atoms with Crippen LogP contribution in [0.4, 0.5) is 9.59 Å². The SMILES string of the molecule is COC(=O)[C@@H](Cc1cn(C(=O)OC(C)(C)C)c2ccccc12)NC(=O)C[C@@H](O)CNC(=O)OCc1ccccc1. The number of aromatic nitrogens is 1. The van der Waals surface area contributed by atoms with Crippen molar-refractivity contribution in [2.45, 2.75) is 58.0 Å². The van der Waals surface area contributed by atoms with Gasteiger partial charge in [0, 0.05) is 24.5 Å². The molecular weight excluding hydrogens is 518 g/mol. The quantitative estimate of drug-likeness (QED) is 0.256. The molecule has 2 atom stereocenters. The molecular formula is C29H35N3O8. The summed E-state index contributed by atoms with van der Waals surface area (Å²) in [6, 6.07) is 15.1. The van der Waals surface area contributed by atoms with Crippen LogP contribution in [0.2, 0.25) is 0 Å². The van der Waals surface area contributed by atoms with Crippen LogP contribution >= 0.6 is 0 Å². The Bertz CT molecular complexity index is 1330. The number of nitrogens with zero attached hydrogens (tertiary/aromatic N) is 1. The van der Waals surface area contributed by atoms with Crippen molar-refractivity contribution < 1.29 is 38.5 Å². The van der Waals surface area contributed by atoms with Gasteiger partial charge in [-0.25, -0.2) is 14.4 Å². The molecule has 0 spiro atoms. The average Bonchev–Trinajstić information content (AvgIpc) is 3.28. The van der Waals surface area contributed by atoms with Gasteiger partial charge in [0.2, 0.25) is 5.91 Å². The first-order valence-electron chi connectivity index (χ1n) is 12.8. The van der Waals surface area contributed by atoms with Crippen molar-refractivity contribution in [3.05, 3.63) is 71.9 Å². The van der Waals surface area contributed by atoms with E-state index in [1.165, 1.54) is 11.7 Å². The number of ether oxygens (including phenoxy) is 3. The summed E-state index contributed by atoms with van der Waals surface area (Å²) in [7, 11) is 1.20. The van der Waals surface area contributed by atoms with E-state index in [0.29, 0.717) is 16.5 Å². The summed E-state index contributed by atoms with van der Waals surface area (Å²) in [5.41, 5.74) is 1.29. The molecule has 3 N–H and O–H groups in total. The van der Waals surface area contributed by atoms with Crippen molar-refractivity contribution in [3.63, 3.8) is 0 Å². The molecule has 0 fully saturated rings. The lowest BCUT2D eigenvalue weighted by molar-refractivity contribution is -0.145. The van der Waals surface area contributed by atoms with Gasteiger partial charge in [-0.3, -0.25) is 9.36 Å². The molecule has 214 valence electrons. The van der Waals surface area contributed by atoms with Crippen molar-refractivity contribution >= 4 is 35.0 Å². The Kier molecular flexibility index (Phi) is 10.3. The minimum Gasteiger partial charge on any atom is -0.467 e. The van der Waals surface area contributed by atoms with Crippen LogP contribution < -0.4 is 10.6 Å². The molecule has 2 amide bonds. The lowest BCUT2D eigenvalue weighted by atomic mass is 10.0. The third kappa shape index (κ3) is 8.84. The summed E-state index contributed by atoms with van der Waals surface area (Å²) in [5.74, 6) is -1.32. The lowest BCUT2D eigenvalue weighted by Crippen LogP contribution is -2.45. The second kappa shape index (κ2) is 13.6. The number of amides is 2. The number of hydrogen-bond acceptors (Lipinski definition) is 8. The zero-order chi connectivity index (χ0) is 29.3. The Morgan fingerprint density at radius 3 is 2.35 bits per heavy atom. The number of carbonyl (C=O) groups is 4. The average molecular weight is 554 g/mol. The molecule has 2 aromatic carbocycles. The summed E-state index contributed by atoms with van der Waals surface area (Å²) in [6.45, 7) is 5.12. The number of hydrogen-bond donors (Lipinski definition) is 3. The predicted octanol–water partition coefficient (Wildman–Crippen LogP) is 3.30. The highest BCUT2D eigenvalue weighted by Gasteiger charge is 2.27. The fraction of sp³-hybridized carbons (Fsp3) is 0.379. The van der Waals surface area contributed by atoms with Crippen LogP contribution in [0.25, 0.3) is 10.9 Å². The number of carbonyl (C=O) groups excluding carboxylic acids is 4. The Morgan fingerprint density at radius 1 is 1.00 bits per heavy atom. The third-order valence-electron chi connectivity index (χ3n) is 5.75. The van der Waals surface area contributed by atoms with Gasteiger partial charge in [-0.15, -0.1) is 0 Å². The van der Waals surface area contributed by atoms with E-state index >= 15 is 0 Å². The molecule has 0 radical (unpaired) electrons. The summed E-state index contributed by atoms with van der Waals surface area (Å²) in [5, 5.41) is 15.9. The van der Waals surface area contributed by atoms with Crippen molar-refractivity contribution in [1.29, 1.82) is 0 Å². The Balaban J connectivity index is 1.61. The molecule has 0 aliphatic carbocycles. The van der Waals surface area contributed by atoms with E-state index in [2.05, 4.69) is 10.6 Å². The smallest absolute Gasteiger partial charge is 0.419 e. The minimum atomic E-state index is -1.23. The largest absolute Gasteiger partial charge is 0.467 e. The second-order valence-electron chi connectivity index (χ2n) is 10.2. The first-order valence-corrected chi connectivity index (χ1v) is 12.8. The Labute approximate surface area is 232 Å².